The molecule has 0 saturated heterocycles. The first-order chi connectivity index (χ1) is 16.0. The Bertz CT molecular complexity index is 1180. The van der Waals surface area contributed by atoms with Crippen molar-refractivity contribution in [3.05, 3.63) is 54.6 Å². The number of ether oxygens (including phenoxy) is 2. The number of hydrogen-bond acceptors (Lipinski definition) is 7. The molecule has 0 aliphatic heterocycles. The predicted octanol–water partition coefficient (Wildman–Crippen LogP) is 4.86. The summed E-state index contributed by atoms with van der Waals surface area (Å²) < 4.78 is 11.0. The quantitative estimate of drug-likeness (QED) is 0.288. The molecule has 3 rings (SSSR count). The Kier molecular flexibility index (Phi) is 7.39. The van der Waals surface area contributed by atoms with Crippen LogP contribution in [0.4, 0.5) is 0 Å². The average Bonchev–Trinajstić information content (AvgIpc) is 3.22. The lowest BCUT2D eigenvalue weighted by Gasteiger charge is -2.23. The second kappa shape index (κ2) is 10.1. The normalized spacial score (nSPS) is 13.3. The van der Waals surface area contributed by atoms with E-state index in [0.29, 0.717) is 35.1 Å². The van der Waals surface area contributed by atoms with Gasteiger partial charge in [-0.2, -0.15) is 0 Å². The Hall–Kier alpha value is -3.68. The van der Waals surface area contributed by atoms with Crippen LogP contribution in [0, 0.1) is 5.92 Å². The lowest BCUT2D eigenvalue weighted by molar-refractivity contribution is -0.147. The van der Waals surface area contributed by atoms with Gasteiger partial charge in [0.15, 0.2) is 0 Å². The third-order valence-electron chi connectivity index (χ3n) is 5.52. The molecule has 8 nitrogen and oxygen atoms in total. The molecule has 2 aromatic carbocycles. The van der Waals surface area contributed by atoms with Gasteiger partial charge in [0.1, 0.15) is 34.3 Å². The molecule has 0 aliphatic rings. The maximum atomic E-state index is 12.9. The summed E-state index contributed by atoms with van der Waals surface area (Å²) in [4.78, 5) is 25.7. The van der Waals surface area contributed by atoms with E-state index in [1.54, 1.807) is 19.1 Å². The predicted molar refractivity (Wildman–Crippen MR) is 129 cm³/mol. The van der Waals surface area contributed by atoms with E-state index in [-0.39, 0.29) is 11.5 Å². The second-order valence-electron chi connectivity index (χ2n) is 9.30. The summed E-state index contributed by atoms with van der Waals surface area (Å²) in [5, 5.41) is 19.9. The molecule has 8 heteroatoms. The number of fused-ring (bicyclic) bond motifs is 1. The fourth-order valence-corrected chi connectivity index (χ4v) is 3.56. The summed E-state index contributed by atoms with van der Waals surface area (Å²) in [6.45, 7) is 12.9. The fourth-order valence-electron chi connectivity index (χ4n) is 3.56. The number of benzene rings is 2. The molecule has 34 heavy (non-hydrogen) atoms. The first-order valence-electron chi connectivity index (χ1n) is 11.3. The minimum atomic E-state index is -0.525. The molecule has 2 unspecified atom stereocenters. The van der Waals surface area contributed by atoms with Crippen LogP contribution in [-0.2, 0) is 19.7 Å². The monoisotopic (exact) mass is 465 g/mol. The Morgan fingerprint density at radius 1 is 1.18 bits per heavy atom. The van der Waals surface area contributed by atoms with Crippen molar-refractivity contribution in [3.8, 4) is 17.2 Å². The highest BCUT2D eigenvalue weighted by atomic mass is 16.5. The van der Waals surface area contributed by atoms with Crippen molar-refractivity contribution in [1.29, 1.82) is 0 Å². The molecule has 0 aliphatic carbocycles. The Balaban J connectivity index is 1.92. The lowest BCUT2D eigenvalue weighted by atomic mass is 9.86. The first-order valence-corrected chi connectivity index (χ1v) is 11.3. The van der Waals surface area contributed by atoms with Gasteiger partial charge >= 0.3 is 11.9 Å². The standard InChI is InChI=1S/C26H31N3O5/c1-7-17(33-23(30)8-2)13-16(3)25(32)34-18-14-19(26(4,5)6)24(31)22(15-18)29-27-20-11-9-10-12-21(20)28-29/h8-12,14-17,31H,2,7,13H2,1,3-6H3. The Morgan fingerprint density at radius 2 is 1.79 bits per heavy atom. The van der Waals surface area contributed by atoms with Crippen LogP contribution in [0.1, 0.15) is 53.0 Å². The van der Waals surface area contributed by atoms with Crippen molar-refractivity contribution < 1.29 is 24.2 Å². The molecule has 0 amide bonds. The molecule has 1 heterocycles. The zero-order valence-corrected chi connectivity index (χ0v) is 20.2. The number of rotatable bonds is 8. The summed E-state index contributed by atoms with van der Waals surface area (Å²) in [5.74, 6) is -1.23. The van der Waals surface area contributed by atoms with Crippen LogP contribution in [0.25, 0.3) is 16.7 Å². The molecule has 2 atom stereocenters. The average molecular weight is 466 g/mol. The lowest BCUT2D eigenvalue weighted by Crippen LogP contribution is -2.25. The van der Waals surface area contributed by atoms with E-state index >= 15 is 0 Å². The smallest absolute Gasteiger partial charge is 0.330 e. The Labute approximate surface area is 199 Å². The zero-order chi connectivity index (χ0) is 25.0. The Morgan fingerprint density at radius 3 is 2.32 bits per heavy atom. The van der Waals surface area contributed by atoms with Crippen molar-refractivity contribution >= 4 is 23.0 Å². The number of phenols is 1. The number of phenolic OH excluding ortho intramolecular Hbond substituents is 1. The van der Waals surface area contributed by atoms with Gasteiger partial charge in [-0.3, -0.25) is 4.79 Å². The summed E-state index contributed by atoms with van der Waals surface area (Å²) in [6.07, 6.45) is 1.56. The van der Waals surface area contributed by atoms with Crippen molar-refractivity contribution in [1.82, 2.24) is 15.0 Å². The van der Waals surface area contributed by atoms with E-state index in [2.05, 4.69) is 16.8 Å². The van der Waals surface area contributed by atoms with Gasteiger partial charge in [-0.25, -0.2) is 4.79 Å². The number of carbonyl (C=O) groups is 2. The number of carbonyl (C=O) groups excluding carboxylic acids is 2. The van der Waals surface area contributed by atoms with Crippen LogP contribution in [0.15, 0.2) is 49.1 Å². The van der Waals surface area contributed by atoms with Crippen LogP contribution in [0.5, 0.6) is 11.5 Å². The van der Waals surface area contributed by atoms with Gasteiger partial charge in [0.2, 0.25) is 0 Å². The van der Waals surface area contributed by atoms with Crippen LogP contribution in [-0.4, -0.2) is 38.1 Å². The molecule has 0 saturated carbocycles. The molecular formula is C26H31N3O5. The van der Waals surface area contributed by atoms with E-state index in [4.69, 9.17) is 9.47 Å². The van der Waals surface area contributed by atoms with E-state index in [0.717, 1.165) is 6.08 Å². The summed E-state index contributed by atoms with van der Waals surface area (Å²) in [5.41, 5.74) is 1.81. The molecule has 0 fully saturated rings. The van der Waals surface area contributed by atoms with E-state index in [9.17, 15) is 14.7 Å². The van der Waals surface area contributed by atoms with Gasteiger partial charge in [0, 0.05) is 17.7 Å². The van der Waals surface area contributed by atoms with Gasteiger partial charge in [0.25, 0.3) is 0 Å². The molecule has 1 aromatic heterocycles. The summed E-state index contributed by atoms with van der Waals surface area (Å²) in [6, 6.07) is 10.6. The van der Waals surface area contributed by atoms with Gasteiger partial charge in [-0.1, -0.05) is 53.3 Å². The van der Waals surface area contributed by atoms with Crippen LogP contribution < -0.4 is 4.74 Å². The zero-order valence-electron chi connectivity index (χ0n) is 20.2. The number of aromatic hydroxyl groups is 1. The molecule has 0 radical (unpaired) electrons. The molecule has 0 bridgehead atoms. The van der Waals surface area contributed by atoms with Crippen molar-refractivity contribution in [3.63, 3.8) is 0 Å². The van der Waals surface area contributed by atoms with Gasteiger partial charge in [0.05, 0.1) is 5.92 Å². The minimum absolute atomic E-state index is 0.0167. The van der Waals surface area contributed by atoms with Gasteiger partial charge in [-0.05, 0) is 36.5 Å². The highest BCUT2D eigenvalue weighted by Gasteiger charge is 2.26. The number of esters is 2. The van der Waals surface area contributed by atoms with Crippen LogP contribution in [0.2, 0.25) is 0 Å². The molecular weight excluding hydrogens is 434 g/mol. The van der Waals surface area contributed by atoms with Crippen LogP contribution >= 0.6 is 0 Å². The van der Waals surface area contributed by atoms with E-state index in [1.165, 1.54) is 4.80 Å². The fraction of sp³-hybridized carbons (Fsp3) is 0.385. The molecule has 1 N–H and O–H groups in total. The first kappa shape index (κ1) is 25.0. The SMILES string of the molecule is C=CC(=O)OC(CC)CC(C)C(=O)Oc1cc(-n2nc3ccccc3n2)c(O)c(C(C)(C)C)c1. The maximum Gasteiger partial charge on any atom is 0.330 e. The maximum absolute atomic E-state index is 12.9. The highest BCUT2D eigenvalue weighted by Crippen LogP contribution is 2.38. The van der Waals surface area contributed by atoms with Crippen molar-refractivity contribution in [2.75, 3.05) is 0 Å². The number of nitrogens with zero attached hydrogens (tertiary/aromatic N) is 3. The van der Waals surface area contributed by atoms with Crippen molar-refractivity contribution in [2.45, 2.75) is 59.0 Å². The largest absolute Gasteiger partial charge is 0.505 e. The van der Waals surface area contributed by atoms with Gasteiger partial charge < -0.3 is 14.6 Å². The molecule has 180 valence electrons. The second-order valence-corrected chi connectivity index (χ2v) is 9.30. The van der Waals surface area contributed by atoms with Crippen molar-refractivity contribution in [2.24, 2.45) is 5.92 Å². The third-order valence-corrected chi connectivity index (χ3v) is 5.52. The molecule has 0 spiro atoms. The minimum Gasteiger partial charge on any atom is -0.505 e. The topological polar surface area (TPSA) is 104 Å². The number of aromatic nitrogens is 3. The summed E-state index contributed by atoms with van der Waals surface area (Å²) >= 11 is 0. The summed E-state index contributed by atoms with van der Waals surface area (Å²) in [7, 11) is 0. The van der Waals surface area contributed by atoms with E-state index < -0.39 is 29.4 Å². The highest BCUT2D eigenvalue weighted by molar-refractivity contribution is 5.81. The van der Waals surface area contributed by atoms with E-state index in [1.807, 2.05) is 52.0 Å². The van der Waals surface area contributed by atoms with Crippen LogP contribution in [0.3, 0.4) is 0 Å². The third kappa shape index (κ3) is 5.62. The number of hydrogen-bond donors (Lipinski definition) is 1. The van der Waals surface area contributed by atoms with Gasteiger partial charge in [-0.15, -0.1) is 15.0 Å². The molecule has 3 aromatic rings.